The van der Waals surface area contributed by atoms with Gasteiger partial charge in [-0.1, -0.05) is 35.9 Å². The van der Waals surface area contributed by atoms with Crippen molar-refractivity contribution in [2.24, 2.45) is 0 Å². The molecule has 0 saturated heterocycles. The smallest absolute Gasteiger partial charge is 0.142 e. The van der Waals surface area contributed by atoms with Crippen LogP contribution >= 0.6 is 11.6 Å². The highest BCUT2D eigenvalue weighted by atomic mass is 35.5. The molecule has 0 heterocycles. The molecule has 2 aromatic carbocycles. The lowest BCUT2D eigenvalue weighted by molar-refractivity contribution is 0.276. The second kappa shape index (κ2) is 5.85. The molecule has 2 rings (SSSR count). The molecule has 1 unspecified atom stereocenters. The molecule has 0 fully saturated rings. The highest BCUT2D eigenvalue weighted by Crippen LogP contribution is 2.23. The first-order valence-electron chi connectivity index (χ1n) is 5.58. The summed E-state index contributed by atoms with van der Waals surface area (Å²) >= 11 is 5.63. The fraction of sp³-hybridized carbons (Fsp3) is 0.143. The molecular formula is C14H13ClFNO. The fourth-order valence-corrected chi connectivity index (χ4v) is 1.82. The summed E-state index contributed by atoms with van der Waals surface area (Å²) in [6, 6.07) is 13.6. The van der Waals surface area contributed by atoms with E-state index in [0.717, 1.165) is 5.69 Å². The second-order valence-electron chi connectivity index (χ2n) is 3.92. The molecule has 0 aliphatic carbocycles. The third-order valence-electron chi connectivity index (χ3n) is 2.64. The van der Waals surface area contributed by atoms with Crippen LogP contribution < -0.4 is 5.32 Å². The van der Waals surface area contributed by atoms with Gasteiger partial charge in [0.15, 0.2) is 0 Å². The molecule has 0 aliphatic rings. The van der Waals surface area contributed by atoms with Gasteiger partial charge in [0.2, 0.25) is 0 Å². The number of aliphatic hydroxyl groups excluding tert-OH is 1. The molecule has 0 spiro atoms. The summed E-state index contributed by atoms with van der Waals surface area (Å²) in [5.41, 5.74) is 1.52. The quantitative estimate of drug-likeness (QED) is 0.885. The van der Waals surface area contributed by atoms with Gasteiger partial charge in [0.25, 0.3) is 0 Å². The van der Waals surface area contributed by atoms with Gasteiger partial charge < -0.3 is 10.4 Å². The van der Waals surface area contributed by atoms with E-state index < -0.39 is 5.82 Å². The zero-order valence-corrected chi connectivity index (χ0v) is 10.4. The monoisotopic (exact) mass is 265 g/mol. The number of hydrogen-bond donors (Lipinski definition) is 2. The van der Waals surface area contributed by atoms with Gasteiger partial charge in [0.1, 0.15) is 5.82 Å². The summed E-state index contributed by atoms with van der Waals surface area (Å²) < 4.78 is 13.4. The van der Waals surface area contributed by atoms with Crippen LogP contribution in [0.5, 0.6) is 0 Å². The number of rotatable bonds is 4. The van der Waals surface area contributed by atoms with E-state index in [-0.39, 0.29) is 17.7 Å². The van der Waals surface area contributed by atoms with Crippen molar-refractivity contribution in [3.05, 3.63) is 64.9 Å². The largest absolute Gasteiger partial charge is 0.394 e. The van der Waals surface area contributed by atoms with Crippen LogP contribution in [0.2, 0.25) is 5.02 Å². The van der Waals surface area contributed by atoms with E-state index in [1.165, 1.54) is 12.1 Å². The van der Waals surface area contributed by atoms with Crippen LogP contribution in [0.4, 0.5) is 10.1 Å². The Balaban J connectivity index is 2.20. The molecule has 1 atom stereocenters. The summed E-state index contributed by atoms with van der Waals surface area (Å²) in [5, 5.41) is 12.6. The Labute approximate surface area is 110 Å². The lowest BCUT2D eigenvalue weighted by Gasteiger charge is -2.18. The Kier molecular flexibility index (Phi) is 4.18. The van der Waals surface area contributed by atoms with E-state index in [1.54, 1.807) is 6.07 Å². The van der Waals surface area contributed by atoms with Gasteiger partial charge >= 0.3 is 0 Å². The van der Waals surface area contributed by atoms with Gasteiger partial charge in [-0.2, -0.15) is 0 Å². The first kappa shape index (κ1) is 12.9. The number of anilines is 1. The first-order chi connectivity index (χ1) is 8.70. The minimum atomic E-state index is -0.484. The van der Waals surface area contributed by atoms with Crippen molar-refractivity contribution in [2.45, 2.75) is 6.04 Å². The highest BCUT2D eigenvalue weighted by molar-refractivity contribution is 6.30. The predicted molar refractivity (Wildman–Crippen MR) is 71.3 cm³/mol. The van der Waals surface area contributed by atoms with Crippen LogP contribution in [0.25, 0.3) is 0 Å². The normalized spacial score (nSPS) is 12.2. The van der Waals surface area contributed by atoms with Gasteiger partial charge in [0, 0.05) is 5.69 Å². The molecule has 0 aromatic heterocycles. The Morgan fingerprint density at radius 2 is 1.89 bits per heavy atom. The molecule has 94 valence electrons. The van der Waals surface area contributed by atoms with E-state index in [1.807, 2.05) is 30.3 Å². The van der Waals surface area contributed by atoms with Crippen LogP contribution in [-0.2, 0) is 0 Å². The maximum atomic E-state index is 13.4. The van der Waals surface area contributed by atoms with Crippen LogP contribution in [-0.4, -0.2) is 11.7 Å². The SMILES string of the molecule is OCC(Nc1ccccc1)c1ccc(Cl)c(F)c1. The van der Waals surface area contributed by atoms with E-state index in [4.69, 9.17) is 11.6 Å². The predicted octanol–water partition coefficient (Wildman–Crippen LogP) is 3.62. The first-order valence-corrected chi connectivity index (χ1v) is 5.96. The van der Waals surface area contributed by atoms with E-state index in [9.17, 15) is 9.50 Å². The van der Waals surface area contributed by atoms with Crippen molar-refractivity contribution in [1.82, 2.24) is 0 Å². The van der Waals surface area contributed by atoms with E-state index in [2.05, 4.69) is 5.32 Å². The molecule has 0 amide bonds. The number of halogens is 2. The lowest BCUT2D eigenvalue weighted by atomic mass is 10.1. The fourth-order valence-electron chi connectivity index (χ4n) is 1.70. The molecule has 0 bridgehead atoms. The molecule has 2 aromatic rings. The summed E-state index contributed by atoms with van der Waals surface area (Å²) in [5.74, 6) is -0.484. The van der Waals surface area contributed by atoms with Gasteiger partial charge in [0.05, 0.1) is 17.7 Å². The molecule has 18 heavy (non-hydrogen) atoms. The molecule has 2 nitrogen and oxygen atoms in total. The maximum Gasteiger partial charge on any atom is 0.142 e. The maximum absolute atomic E-state index is 13.4. The average Bonchev–Trinajstić information content (AvgIpc) is 2.40. The molecule has 0 aliphatic heterocycles. The Bertz CT molecular complexity index is 518. The minimum Gasteiger partial charge on any atom is -0.394 e. The summed E-state index contributed by atoms with van der Waals surface area (Å²) in [6.07, 6.45) is 0. The standard InChI is InChI=1S/C14H13ClFNO/c15-12-7-6-10(8-13(12)16)14(9-18)17-11-4-2-1-3-5-11/h1-8,14,17-18H,9H2. The molecule has 0 saturated carbocycles. The third kappa shape index (κ3) is 3.00. The van der Waals surface area contributed by atoms with Gasteiger partial charge in [-0.3, -0.25) is 0 Å². The number of benzene rings is 2. The Morgan fingerprint density at radius 3 is 2.50 bits per heavy atom. The summed E-state index contributed by atoms with van der Waals surface area (Å²) in [7, 11) is 0. The van der Waals surface area contributed by atoms with Gasteiger partial charge in [-0.05, 0) is 29.8 Å². The van der Waals surface area contributed by atoms with Crippen molar-refractivity contribution < 1.29 is 9.50 Å². The van der Waals surface area contributed by atoms with Gasteiger partial charge in [-0.15, -0.1) is 0 Å². The van der Waals surface area contributed by atoms with Crippen molar-refractivity contribution in [1.29, 1.82) is 0 Å². The number of para-hydroxylation sites is 1. The number of hydrogen-bond acceptors (Lipinski definition) is 2. The van der Waals surface area contributed by atoms with Crippen molar-refractivity contribution in [3.8, 4) is 0 Å². The molecular weight excluding hydrogens is 253 g/mol. The van der Waals surface area contributed by atoms with E-state index >= 15 is 0 Å². The zero-order valence-electron chi connectivity index (χ0n) is 9.61. The summed E-state index contributed by atoms with van der Waals surface area (Å²) in [6.45, 7) is -0.129. The number of aliphatic hydroxyl groups is 1. The van der Waals surface area contributed by atoms with Crippen LogP contribution in [0, 0.1) is 5.82 Å². The Hall–Kier alpha value is -1.58. The van der Waals surface area contributed by atoms with Crippen LogP contribution in [0.3, 0.4) is 0 Å². The van der Waals surface area contributed by atoms with Gasteiger partial charge in [-0.25, -0.2) is 4.39 Å². The summed E-state index contributed by atoms with van der Waals surface area (Å²) in [4.78, 5) is 0. The molecule has 0 radical (unpaired) electrons. The Morgan fingerprint density at radius 1 is 1.17 bits per heavy atom. The molecule has 2 N–H and O–H groups in total. The van der Waals surface area contributed by atoms with Crippen molar-refractivity contribution in [2.75, 3.05) is 11.9 Å². The van der Waals surface area contributed by atoms with E-state index in [0.29, 0.717) is 5.56 Å². The zero-order chi connectivity index (χ0) is 13.0. The van der Waals surface area contributed by atoms with Crippen LogP contribution in [0.15, 0.2) is 48.5 Å². The molecule has 4 heteroatoms. The lowest BCUT2D eigenvalue weighted by Crippen LogP contribution is -2.14. The number of nitrogens with one attached hydrogen (secondary N) is 1. The highest BCUT2D eigenvalue weighted by Gasteiger charge is 2.12. The van der Waals surface area contributed by atoms with Crippen molar-refractivity contribution >= 4 is 17.3 Å². The minimum absolute atomic E-state index is 0.0788. The van der Waals surface area contributed by atoms with Crippen LogP contribution in [0.1, 0.15) is 11.6 Å². The average molecular weight is 266 g/mol. The van der Waals surface area contributed by atoms with Crippen molar-refractivity contribution in [3.63, 3.8) is 0 Å². The topological polar surface area (TPSA) is 32.3 Å². The third-order valence-corrected chi connectivity index (χ3v) is 2.95. The second-order valence-corrected chi connectivity index (χ2v) is 4.33.